The van der Waals surface area contributed by atoms with Gasteiger partial charge in [-0.3, -0.25) is 0 Å². The Balaban J connectivity index is 0.897. The minimum Gasteiger partial charge on any atom is -0.383 e. The predicted molar refractivity (Wildman–Crippen MR) is 241 cm³/mol. The third kappa shape index (κ3) is 17.8. The monoisotopic (exact) mass is 880 g/mol. The lowest BCUT2D eigenvalue weighted by molar-refractivity contribution is -0.0234. The molecule has 0 radical (unpaired) electrons. The van der Waals surface area contributed by atoms with Gasteiger partial charge in [-0.05, 0) is 76.2 Å². The molecular formula is C44H77N7O9S. The largest absolute Gasteiger partial charge is 0.383 e. The smallest absolute Gasteiger partial charge is 0.152 e. The van der Waals surface area contributed by atoms with Crippen molar-refractivity contribution in [3.63, 3.8) is 0 Å². The van der Waals surface area contributed by atoms with Gasteiger partial charge in [0.1, 0.15) is 11.3 Å². The van der Waals surface area contributed by atoms with Gasteiger partial charge >= 0.3 is 0 Å². The van der Waals surface area contributed by atoms with Gasteiger partial charge in [-0.15, -0.1) is 11.3 Å². The normalized spacial score (nSPS) is 16.2. The van der Waals surface area contributed by atoms with E-state index in [2.05, 4.69) is 27.4 Å². The number of fused-ring (bicyclic) bond motifs is 3. The van der Waals surface area contributed by atoms with Gasteiger partial charge in [0.05, 0.1) is 128 Å². The first-order valence-electron chi connectivity index (χ1n) is 22.9. The zero-order valence-corrected chi connectivity index (χ0v) is 38.1. The van der Waals surface area contributed by atoms with Crippen molar-refractivity contribution in [3.05, 3.63) is 16.8 Å². The van der Waals surface area contributed by atoms with E-state index < -0.39 is 0 Å². The lowest BCUT2D eigenvalue weighted by Gasteiger charge is -2.32. The van der Waals surface area contributed by atoms with Crippen LogP contribution in [0.4, 0.5) is 5.82 Å². The van der Waals surface area contributed by atoms with E-state index in [1.54, 1.807) is 7.11 Å². The molecule has 0 aromatic carbocycles. The van der Waals surface area contributed by atoms with Crippen LogP contribution in [-0.4, -0.2) is 190 Å². The van der Waals surface area contributed by atoms with Gasteiger partial charge < -0.3 is 68.5 Å². The second-order valence-corrected chi connectivity index (χ2v) is 17.0. The number of nitrogen functional groups attached to an aromatic ring is 1. The number of thiophene rings is 1. The van der Waals surface area contributed by atoms with Crippen molar-refractivity contribution in [2.45, 2.75) is 64.3 Å². The Morgan fingerprint density at radius 2 is 1.15 bits per heavy atom. The van der Waals surface area contributed by atoms with Crippen LogP contribution in [0.1, 0.15) is 62.1 Å². The summed E-state index contributed by atoms with van der Waals surface area (Å²) in [6.07, 6.45) is 7.90. The fraction of sp³-hybridized carbons (Fsp3) is 0.818. The predicted octanol–water partition coefficient (Wildman–Crippen LogP) is 4.20. The third-order valence-corrected chi connectivity index (χ3v) is 12.7. The second-order valence-electron chi connectivity index (χ2n) is 15.9. The molecule has 0 aliphatic carbocycles. The molecular weight excluding hydrogens is 803 g/mol. The van der Waals surface area contributed by atoms with E-state index in [1.165, 1.54) is 33.8 Å². The van der Waals surface area contributed by atoms with Crippen molar-refractivity contribution in [1.29, 1.82) is 0 Å². The molecule has 0 unspecified atom stereocenters. The standard InChI is InChI=1S/C44H77N7O9S/c1-3-4-5-40-48-41-42(51(40)35-36-6-11-49(12-7-36)15-18-52-2)43-38(47-44(41)46)34-39(61-43)37-8-13-50(14-9-37)16-19-54-21-23-56-25-27-58-29-31-60-33-32-59-30-28-57-26-24-55-22-20-53-17-10-45/h34,36-37H,3-33,35,45H2,1-2H3,(H2,46,47). The van der Waals surface area contributed by atoms with Crippen LogP contribution in [0.2, 0.25) is 0 Å². The molecule has 3 aromatic rings. The van der Waals surface area contributed by atoms with Crippen LogP contribution in [0.5, 0.6) is 0 Å². The lowest BCUT2D eigenvalue weighted by Crippen LogP contribution is -2.37. The SMILES string of the molecule is CCCCc1nc2c(N)nc3cc(C4CCN(CCOCCOCCOCCOCCOCCOCCOCCOCCN)CC4)sc3c2n1CC1CCN(CCOC)CC1. The van der Waals surface area contributed by atoms with Crippen molar-refractivity contribution < 1.29 is 42.6 Å². The number of pyridine rings is 1. The molecule has 0 amide bonds. The first kappa shape index (κ1) is 49.9. The fourth-order valence-corrected chi connectivity index (χ4v) is 9.22. The number of ether oxygens (including phenoxy) is 9. The number of aromatic nitrogens is 3. The minimum absolute atomic E-state index is 0.522. The number of nitrogens with two attached hydrogens (primary N) is 2. The molecule has 0 spiro atoms. The molecule has 0 atom stereocenters. The van der Waals surface area contributed by atoms with Crippen molar-refractivity contribution in [2.24, 2.45) is 11.7 Å². The number of piperidine rings is 2. The molecule has 61 heavy (non-hydrogen) atoms. The molecule has 17 heteroatoms. The van der Waals surface area contributed by atoms with E-state index in [0.29, 0.717) is 130 Å². The van der Waals surface area contributed by atoms with E-state index >= 15 is 0 Å². The molecule has 3 aromatic heterocycles. The van der Waals surface area contributed by atoms with Crippen LogP contribution >= 0.6 is 11.3 Å². The Labute approximate surface area is 368 Å². The fourth-order valence-electron chi connectivity index (χ4n) is 7.90. The molecule has 2 fully saturated rings. The van der Waals surface area contributed by atoms with Crippen LogP contribution in [0.25, 0.3) is 21.3 Å². The number of anilines is 1. The number of methoxy groups -OCH3 is 1. The molecule has 2 aliphatic rings. The quantitative estimate of drug-likeness (QED) is 0.0805. The highest BCUT2D eigenvalue weighted by molar-refractivity contribution is 7.20. The summed E-state index contributed by atoms with van der Waals surface area (Å²) in [7, 11) is 1.79. The summed E-state index contributed by atoms with van der Waals surface area (Å²) in [5.74, 6) is 2.89. The van der Waals surface area contributed by atoms with E-state index in [1.807, 2.05) is 11.3 Å². The maximum absolute atomic E-state index is 6.64. The van der Waals surface area contributed by atoms with E-state index in [-0.39, 0.29) is 0 Å². The first-order valence-corrected chi connectivity index (χ1v) is 23.8. The highest BCUT2D eigenvalue weighted by Gasteiger charge is 2.27. The second kappa shape index (κ2) is 30.1. The highest BCUT2D eigenvalue weighted by Crippen LogP contribution is 2.40. The van der Waals surface area contributed by atoms with E-state index in [0.717, 1.165) is 95.6 Å². The molecule has 0 saturated carbocycles. The van der Waals surface area contributed by atoms with E-state index in [9.17, 15) is 0 Å². The average Bonchev–Trinajstić information content (AvgIpc) is 3.87. The number of unbranched alkanes of at least 4 members (excludes halogenated alkanes) is 1. The maximum Gasteiger partial charge on any atom is 0.152 e. The Morgan fingerprint density at radius 3 is 1.66 bits per heavy atom. The third-order valence-electron chi connectivity index (χ3n) is 11.4. The van der Waals surface area contributed by atoms with Crippen molar-refractivity contribution >= 4 is 38.4 Å². The zero-order chi connectivity index (χ0) is 42.7. The average molecular weight is 880 g/mol. The van der Waals surface area contributed by atoms with Gasteiger partial charge in [0.2, 0.25) is 0 Å². The summed E-state index contributed by atoms with van der Waals surface area (Å²) >= 11 is 1.92. The summed E-state index contributed by atoms with van der Waals surface area (Å²) < 4.78 is 53.5. The maximum atomic E-state index is 6.64. The van der Waals surface area contributed by atoms with Gasteiger partial charge in [-0.25, -0.2) is 9.97 Å². The number of aryl methyl sites for hydroxylation is 1. The number of hydrogen-bond donors (Lipinski definition) is 2. The van der Waals surface area contributed by atoms with Crippen molar-refractivity contribution in [2.75, 3.05) is 171 Å². The Bertz CT molecular complexity index is 1580. The molecule has 4 N–H and O–H groups in total. The zero-order valence-electron chi connectivity index (χ0n) is 37.3. The number of hydrogen-bond acceptors (Lipinski definition) is 16. The Hall–Kier alpha value is -2.10. The molecule has 16 nitrogen and oxygen atoms in total. The topological polar surface area (TPSA) is 172 Å². The first-order chi connectivity index (χ1) is 30.1. The summed E-state index contributed by atoms with van der Waals surface area (Å²) in [6, 6.07) is 2.32. The van der Waals surface area contributed by atoms with Crippen molar-refractivity contribution in [3.8, 4) is 0 Å². The Kier molecular flexibility index (Phi) is 24.6. The minimum atomic E-state index is 0.522. The summed E-state index contributed by atoms with van der Waals surface area (Å²) in [6.45, 7) is 19.7. The lowest BCUT2D eigenvalue weighted by atomic mass is 9.95. The van der Waals surface area contributed by atoms with Crippen LogP contribution in [0.3, 0.4) is 0 Å². The Morgan fingerprint density at radius 1 is 0.656 bits per heavy atom. The number of rotatable bonds is 35. The molecule has 2 saturated heterocycles. The van der Waals surface area contributed by atoms with Gasteiger partial charge in [-0.1, -0.05) is 13.3 Å². The highest BCUT2D eigenvalue weighted by atomic mass is 32.1. The molecule has 348 valence electrons. The van der Waals surface area contributed by atoms with Crippen LogP contribution in [0, 0.1) is 5.92 Å². The number of imidazole rings is 1. The van der Waals surface area contributed by atoms with Crippen LogP contribution in [0.15, 0.2) is 6.07 Å². The van der Waals surface area contributed by atoms with Crippen LogP contribution < -0.4 is 11.5 Å². The van der Waals surface area contributed by atoms with Gasteiger partial charge in [0.25, 0.3) is 0 Å². The van der Waals surface area contributed by atoms with Crippen LogP contribution in [-0.2, 0) is 55.6 Å². The molecule has 2 aliphatic heterocycles. The summed E-state index contributed by atoms with van der Waals surface area (Å²) in [5.41, 5.74) is 15.1. The number of likely N-dealkylation sites (tertiary alicyclic amines) is 2. The van der Waals surface area contributed by atoms with Gasteiger partial charge in [0.15, 0.2) is 5.82 Å². The molecule has 5 heterocycles. The van der Waals surface area contributed by atoms with Crippen molar-refractivity contribution in [1.82, 2.24) is 24.3 Å². The summed E-state index contributed by atoms with van der Waals surface area (Å²) in [4.78, 5) is 16.5. The van der Waals surface area contributed by atoms with Gasteiger partial charge in [0, 0.05) is 44.6 Å². The summed E-state index contributed by atoms with van der Waals surface area (Å²) in [5, 5.41) is 0. The molecule has 5 rings (SSSR count). The number of nitrogens with zero attached hydrogens (tertiary/aromatic N) is 5. The molecule has 0 bridgehead atoms. The van der Waals surface area contributed by atoms with E-state index in [4.69, 9.17) is 64.1 Å². The van der Waals surface area contributed by atoms with Gasteiger partial charge in [-0.2, -0.15) is 0 Å².